The summed E-state index contributed by atoms with van der Waals surface area (Å²) < 4.78 is 10.9. The summed E-state index contributed by atoms with van der Waals surface area (Å²) in [6.45, 7) is 0.171. The fourth-order valence-electron chi connectivity index (χ4n) is 1.64. The highest BCUT2D eigenvalue weighted by atomic mass is 79.9. The lowest BCUT2D eigenvalue weighted by Gasteiger charge is -2.08. The molecule has 0 fully saturated rings. The van der Waals surface area contributed by atoms with Gasteiger partial charge in [0.15, 0.2) is 12.6 Å². The summed E-state index contributed by atoms with van der Waals surface area (Å²) >= 11 is 3.39. The van der Waals surface area contributed by atoms with Crippen molar-refractivity contribution in [3.8, 4) is 5.75 Å². The first-order valence-corrected chi connectivity index (χ1v) is 6.52. The number of hydrogen-bond acceptors (Lipinski definition) is 3. The highest BCUT2D eigenvalue weighted by molar-refractivity contribution is 9.10. The van der Waals surface area contributed by atoms with Gasteiger partial charge in [0.05, 0.1) is 4.47 Å². The lowest BCUT2D eigenvalue weighted by atomic mass is 10.0. The van der Waals surface area contributed by atoms with Crippen molar-refractivity contribution < 1.29 is 14.3 Å². The monoisotopic (exact) mass is 320 g/mol. The fraction of sp³-hybridized carbons (Fsp3) is 0.133. The Hall–Kier alpha value is -1.65. The minimum atomic E-state index is -0.0143. The smallest absolute Gasteiger partial charge is 0.193 e. The van der Waals surface area contributed by atoms with E-state index in [-0.39, 0.29) is 12.6 Å². The Morgan fingerprint density at radius 1 is 1.11 bits per heavy atom. The van der Waals surface area contributed by atoms with Gasteiger partial charge in [0.2, 0.25) is 0 Å². The number of ketones is 1. The molecule has 0 bridgehead atoms. The zero-order valence-corrected chi connectivity index (χ0v) is 12.0. The van der Waals surface area contributed by atoms with Crippen LogP contribution in [-0.2, 0) is 4.74 Å². The van der Waals surface area contributed by atoms with E-state index in [0.717, 1.165) is 4.47 Å². The van der Waals surface area contributed by atoms with Crippen LogP contribution in [-0.4, -0.2) is 19.7 Å². The Morgan fingerprint density at radius 3 is 2.47 bits per heavy atom. The maximum atomic E-state index is 12.2. The second kappa shape index (κ2) is 6.50. The van der Waals surface area contributed by atoms with E-state index in [1.165, 1.54) is 0 Å². The average molecular weight is 321 g/mol. The van der Waals surface area contributed by atoms with Crippen molar-refractivity contribution in [2.45, 2.75) is 0 Å². The van der Waals surface area contributed by atoms with Crippen LogP contribution in [0, 0.1) is 0 Å². The summed E-state index contributed by atoms with van der Waals surface area (Å²) in [6, 6.07) is 14.4. The molecule has 0 aliphatic heterocycles. The molecule has 98 valence electrons. The summed E-state index contributed by atoms with van der Waals surface area (Å²) in [5.41, 5.74) is 1.28. The van der Waals surface area contributed by atoms with Gasteiger partial charge < -0.3 is 9.47 Å². The molecule has 0 N–H and O–H groups in total. The Balaban J connectivity index is 2.22. The van der Waals surface area contributed by atoms with Gasteiger partial charge in [-0.05, 0) is 34.1 Å². The summed E-state index contributed by atoms with van der Waals surface area (Å²) in [5, 5.41) is 0. The molecule has 19 heavy (non-hydrogen) atoms. The van der Waals surface area contributed by atoms with Crippen LogP contribution in [0.5, 0.6) is 5.75 Å². The van der Waals surface area contributed by atoms with Crippen LogP contribution in [0.4, 0.5) is 0 Å². The molecule has 0 atom stereocenters. The molecule has 0 aromatic heterocycles. The first-order chi connectivity index (χ1) is 9.22. The summed E-state index contributed by atoms with van der Waals surface area (Å²) in [6.07, 6.45) is 0. The van der Waals surface area contributed by atoms with Gasteiger partial charge in [0.25, 0.3) is 0 Å². The molecule has 0 radical (unpaired) electrons. The van der Waals surface area contributed by atoms with Gasteiger partial charge in [-0.15, -0.1) is 0 Å². The topological polar surface area (TPSA) is 35.5 Å². The second-order valence-electron chi connectivity index (χ2n) is 3.89. The molecule has 2 aromatic carbocycles. The Morgan fingerprint density at radius 2 is 1.84 bits per heavy atom. The molecule has 0 aliphatic carbocycles. The molecule has 4 heteroatoms. The number of carbonyl (C=O) groups excluding carboxylic acids is 1. The maximum Gasteiger partial charge on any atom is 0.193 e. The van der Waals surface area contributed by atoms with Gasteiger partial charge in [-0.25, -0.2) is 0 Å². The molecule has 0 spiro atoms. The van der Waals surface area contributed by atoms with Crippen LogP contribution in [0.15, 0.2) is 53.0 Å². The number of carbonyl (C=O) groups is 1. The molecule has 0 unspecified atom stereocenters. The quantitative estimate of drug-likeness (QED) is 0.623. The van der Waals surface area contributed by atoms with E-state index in [1.807, 2.05) is 18.2 Å². The Labute approximate surface area is 120 Å². The second-order valence-corrected chi connectivity index (χ2v) is 4.75. The van der Waals surface area contributed by atoms with E-state index in [1.54, 1.807) is 37.4 Å². The van der Waals surface area contributed by atoms with E-state index in [9.17, 15) is 4.79 Å². The van der Waals surface area contributed by atoms with Crippen LogP contribution >= 0.6 is 15.9 Å². The van der Waals surface area contributed by atoms with E-state index in [0.29, 0.717) is 16.9 Å². The predicted molar refractivity (Wildman–Crippen MR) is 76.5 cm³/mol. The van der Waals surface area contributed by atoms with Crippen LogP contribution in [0.1, 0.15) is 15.9 Å². The zero-order chi connectivity index (χ0) is 13.7. The average Bonchev–Trinajstić information content (AvgIpc) is 2.46. The van der Waals surface area contributed by atoms with Gasteiger partial charge in [0, 0.05) is 18.2 Å². The summed E-state index contributed by atoms with van der Waals surface area (Å²) in [7, 11) is 1.56. The lowest BCUT2D eigenvalue weighted by Crippen LogP contribution is -2.03. The zero-order valence-electron chi connectivity index (χ0n) is 10.4. The van der Waals surface area contributed by atoms with Crippen molar-refractivity contribution in [1.29, 1.82) is 0 Å². The number of methoxy groups -OCH3 is 1. The lowest BCUT2D eigenvalue weighted by molar-refractivity contribution is 0.0506. The van der Waals surface area contributed by atoms with Crippen molar-refractivity contribution in [2.24, 2.45) is 0 Å². The SMILES string of the molecule is COCOc1ccc(C(=O)c2ccccc2)cc1Br. The molecule has 3 nitrogen and oxygen atoms in total. The Kier molecular flexibility index (Phi) is 4.71. The number of halogens is 1. The van der Waals surface area contributed by atoms with Crippen molar-refractivity contribution in [2.75, 3.05) is 13.9 Å². The summed E-state index contributed by atoms with van der Waals surface area (Å²) in [5.74, 6) is 0.631. The van der Waals surface area contributed by atoms with Gasteiger partial charge in [-0.3, -0.25) is 4.79 Å². The van der Waals surface area contributed by atoms with Crippen LogP contribution in [0.3, 0.4) is 0 Å². The molecule has 0 saturated heterocycles. The maximum absolute atomic E-state index is 12.2. The first kappa shape index (κ1) is 13.8. The highest BCUT2D eigenvalue weighted by Gasteiger charge is 2.11. The largest absolute Gasteiger partial charge is 0.466 e. The van der Waals surface area contributed by atoms with E-state index >= 15 is 0 Å². The molecule has 2 aromatic rings. The Bertz CT molecular complexity index is 567. The van der Waals surface area contributed by atoms with E-state index < -0.39 is 0 Å². The third-order valence-electron chi connectivity index (χ3n) is 2.56. The van der Waals surface area contributed by atoms with Crippen molar-refractivity contribution in [1.82, 2.24) is 0 Å². The molecular formula is C15H13BrO3. The summed E-state index contributed by atoms with van der Waals surface area (Å²) in [4.78, 5) is 12.2. The van der Waals surface area contributed by atoms with Gasteiger partial charge in [-0.1, -0.05) is 30.3 Å². The third-order valence-corrected chi connectivity index (χ3v) is 3.18. The fourth-order valence-corrected chi connectivity index (χ4v) is 2.13. The minimum Gasteiger partial charge on any atom is -0.466 e. The molecule has 0 saturated carbocycles. The van der Waals surface area contributed by atoms with Gasteiger partial charge in [-0.2, -0.15) is 0 Å². The number of rotatable bonds is 5. The number of ether oxygens (including phenoxy) is 2. The van der Waals surface area contributed by atoms with Crippen molar-refractivity contribution >= 4 is 21.7 Å². The first-order valence-electron chi connectivity index (χ1n) is 5.73. The van der Waals surface area contributed by atoms with E-state index in [2.05, 4.69) is 15.9 Å². The number of hydrogen-bond donors (Lipinski definition) is 0. The van der Waals surface area contributed by atoms with Crippen LogP contribution in [0.25, 0.3) is 0 Å². The third kappa shape index (κ3) is 3.43. The standard InChI is InChI=1S/C15H13BrO3/c1-18-10-19-14-8-7-12(9-13(14)16)15(17)11-5-3-2-4-6-11/h2-9H,10H2,1H3. The normalized spacial score (nSPS) is 10.2. The van der Waals surface area contributed by atoms with Gasteiger partial charge in [0.1, 0.15) is 5.75 Å². The number of benzene rings is 2. The molecule has 0 aliphatic rings. The molecule has 2 rings (SSSR count). The van der Waals surface area contributed by atoms with Crippen LogP contribution in [0.2, 0.25) is 0 Å². The predicted octanol–water partition coefficient (Wildman–Crippen LogP) is 3.66. The van der Waals surface area contributed by atoms with Crippen molar-refractivity contribution in [3.05, 3.63) is 64.1 Å². The molecule has 0 heterocycles. The van der Waals surface area contributed by atoms with E-state index in [4.69, 9.17) is 9.47 Å². The molecule has 0 amide bonds. The minimum absolute atomic E-state index is 0.0143. The van der Waals surface area contributed by atoms with Gasteiger partial charge >= 0.3 is 0 Å². The van der Waals surface area contributed by atoms with Crippen LogP contribution < -0.4 is 4.74 Å². The molecular weight excluding hydrogens is 308 g/mol. The highest BCUT2D eigenvalue weighted by Crippen LogP contribution is 2.27. The van der Waals surface area contributed by atoms with Crippen molar-refractivity contribution in [3.63, 3.8) is 0 Å².